The lowest BCUT2D eigenvalue weighted by molar-refractivity contribution is -0.124. The van der Waals surface area contributed by atoms with Crippen LogP contribution in [-0.4, -0.2) is 22.7 Å². The highest BCUT2D eigenvalue weighted by Gasteiger charge is 2.35. The van der Waals surface area contributed by atoms with Crippen molar-refractivity contribution in [2.45, 2.75) is 64.8 Å². The molecule has 0 bridgehead atoms. The van der Waals surface area contributed by atoms with Gasteiger partial charge in [0.15, 0.2) is 0 Å². The van der Waals surface area contributed by atoms with Crippen molar-refractivity contribution in [1.82, 2.24) is 10.2 Å². The smallest absolute Gasteiger partial charge is 0.247 e. The van der Waals surface area contributed by atoms with E-state index in [-0.39, 0.29) is 11.9 Å². The number of piperidine rings is 1. The van der Waals surface area contributed by atoms with Crippen LogP contribution in [0.3, 0.4) is 0 Å². The predicted molar refractivity (Wildman–Crippen MR) is 122 cm³/mol. The summed E-state index contributed by atoms with van der Waals surface area (Å²) in [5, 5.41) is 6.34. The number of rotatable bonds is 8. The molecular formula is C24H32N4O. The standard InChI is InChI=1S/C24H32N4O/c1-6-7-8-9-11-16(2)25-20-12-10-13-21-23(20)18(4)28(19(5)27-21)22-15-14-17(3)26-24(22)29/h10,12-13,22,25H,2-4,6-9,11,14-15H2,1,5H3,(H,26,29). The molecule has 1 unspecified atom stereocenters. The van der Waals surface area contributed by atoms with Crippen LogP contribution in [0.4, 0.5) is 11.4 Å². The number of benzene rings is 1. The van der Waals surface area contributed by atoms with Gasteiger partial charge in [0.05, 0.1) is 5.69 Å². The molecule has 154 valence electrons. The van der Waals surface area contributed by atoms with E-state index < -0.39 is 0 Å². The van der Waals surface area contributed by atoms with Crippen molar-refractivity contribution in [3.8, 4) is 0 Å². The number of carbonyl (C=O) groups is 1. The van der Waals surface area contributed by atoms with Crippen molar-refractivity contribution in [2.24, 2.45) is 4.99 Å². The molecule has 1 fully saturated rings. The summed E-state index contributed by atoms with van der Waals surface area (Å²) >= 11 is 0. The van der Waals surface area contributed by atoms with Crippen LogP contribution in [0.5, 0.6) is 0 Å². The minimum absolute atomic E-state index is 0.0498. The van der Waals surface area contributed by atoms with Crippen LogP contribution < -0.4 is 10.6 Å². The van der Waals surface area contributed by atoms with Crippen molar-refractivity contribution < 1.29 is 4.79 Å². The molecule has 1 saturated heterocycles. The van der Waals surface area contributed by atoms with Gasteiger partial charge in [0, 0.05) is 28.3 Å². The van der Waals surface area contributed by atoms with E-state index in [1.165, 1.54) is 19.3 Å². The van der Waals surface area contributed by atoms with E-state index in [9.17, 15) is 4.79 Å². The van der Waals surface area contributed by atoms with Gasteiger partial charge in [0.2, 0.25) is 5.91 Å². The van der Waals surface area contributed by atoms with Crippen LogP contribution in [0.15, 0.2) is 54.3 Å². The zero-order valence-corrected chi connectivity index (χ0v) is 17.7. The minimum Gasteiger partial charge on any atom is -0.359 e. The minimum atomic E-state index is -0.324. The van der Waals surface area contributed by atoms with Crippen LogP contribution in [0.25, 0.3) is 5.70 Å². The highest BCUT2D eigenvalue weighted by molar-refractivity contribution is 6.03. The number of allylic oxidation sites excluding steroid dienone is 2. The average Bonchev–Trinajstić information content (AvgIpc) is 2.66. The van der Waals surface area contributed by atoms with Crippen molar-refractivity contribution in [2.75, 3.05) is 5.32 Å². The third-order valence-electron chi connectivity index (χ3n) is 5.53. The molecule has 2 heterocycles. The van der Waals surface area contributed by atoms with Gasteiger partial charge in [0.1, 0.15) is 11.9 Å². The normalized spacial score (nSPS) is 18.8. The largest absolute Gasteiger partial charge is 0.359 e. The molecule has 2 aliphatic heterocycles. The zero-order valence-electron chi connectivity index (χ0n) is 17.7. The highest BCUT2D eigenvalue weighted by Crippen LogP contribution is 2.40. The zero-order chi connectivity index (χ0) is 21.0. The number of amidine groups is 1. The summed E-state index contributed by atoms with van der Waals surface area (Å²) in [6.07, 6.45) is 7.22. The van der Waals surface area contributed by atoms with E-state index in [0.717, 1.165) is 59.1 Å². The molecule has 29 heavy (non-hydrogen) atoms. The first kappa shape index (κ1) is 20.9. The van der Waals surface area contributed by atoms with E-state index in [2.05, 4.69) is 37.3 Å². The topological polar surface area (TPSA) is 56.7 Å². The van der Waals surface area contributed by atoms with Crippen LogP contribution in [0.1, 0.15) is 64.4 Å². The predicted octanol–water partition coefficient (Wildman–Crippen LogP) is 5.71. The number of carbonyl (C=O) groups excluding carboxylic acids is 1. The van der Waals surface area contributed by atoms with E-state index in [1.807, 2.05) is 30.0 Å². The van der Waals surface area contributed by atoms with Gasteiger partial charge in [-0.2, -0.15) is 0 Å². The van der Waals surface area contributed by atoms with Gasteiger partial charge in [-0.1, -0.05) is 52.0 Å². The molecular weight excluding hydrogens is 360 g/mol. The monoisotopic (exact) mass is 392 g/mol. The lowest BCUT2D eigenvalue weighted by Gasteiger charge is -2.39. The molecule has 1 amide bonds. The van der Waals surface area contributed by atoms with E-state index in [4.69, 9.17) is 4.99 Å². The molecule has 0 radical (unpaired) electrons. The molecule has 2 aliphatic rings. The van der Waals surface area contributed by atoms with Crippen molar-refractivity contribution in [1.29, 1.82) is 0 Å². The lowest BCUT2D eigenvalue weighted by atomic mass is 9.97. The molecule has 1 atom stereocenters. The Morgan fingerprint density at radius 2 is 2.10 bits per heavy atom. The fraction of sp³-hybridized carbons (Fsp3) is 0.417. The summed E-state index contributed by atoms with van der Waals surface area (Å²) in [5.41, 5.74) is 5.30. The lowest BCUT2D eigenvalue weighted by Crippen LogP contribution is -2.50. The van der Waals surface area contributed by atoms with Crippen molar-refractivity contribution in [3.05, 3.63) is 54.9 Å². The highest BCUT2D eigenvalue weighted by atomic mass is 16.2. The van der Waals surface area contributed by atoms with Gasteiger partial charge in [-0.05, 0) is 44.7 Å². The summed E-state index contributed by atoms with van der Waals surface area (Å²) in [4.78, 5) is 19.3. The van der Waals surface area contributed by atoms with Gasteiger partial charge < -0.3 is 15.5 Å². The van der Waals surface area contributed by atoms with E-state index >= 15 is 0 Å². The molecule has 0 spiro atoms. The van der Waals surface area contributed by atoms with Gasteiger partial charge in [-0.25, -0.2) is 4.99 Å². The summed E-state index contributed by atoms with van der Waals surface area (Å²) in [6, 6.07) is 5.68. The van der Waals surface area contributed by atoms with Crippen LogP contribution in [0.2, 0.25) is 0 Å². The Balaban J connectivity index is 1.82. The van der Waals surface area contributed by atoms with Gasteiger partial charge in [0.25, 0.3) is 0 Å². The molecule has 1 aromatic rings. The molecule has 0 aromatic heterocycles. The maximum absolute atomic E-state index is 12.6. The molecule has 0 saturated carbocycles. The third kappa shape index (κ3) is 4.61. The fourth-order valence-electron chi connectivity index (χ4n) is 4.02. The van der Waals surface area contributed by atoms with Crippen molar-refractivity contribution >= 4 is 28.8 Å². The second kappa shape index (κ2) is 9.12. The molecule has 3 rings (SSSR count). The summed E-state index contributed by atoms with van der Waals surface area (Å²) in [6.45, 7) is 16.6. The maximum Gasteiger partial charge on any atom is 0.247 e. The van der Waals surface area contributed by atoms with E-state index in [0.29, 0.717) is 6.42 Å². The van der Waals surface area contributed by atoms with Gasteiger partial charge in [-0.15, -0.1) is 0 Å². The average molecular weight is 393 g/mol. The number of unbranched alkanes of at least 4 members (excludes halogenated alkanes) is 3. The quantitative estimate of drug-likeness (QED) is 0.557. The van der Waals surface area contributed by atoms with E-state index in [1.54, 1.807) is 0 Å². The Morgan fingerprint density at radius 1 is 1.31 bits per heavy atom. The first-order valence-corrected chi connectivity index (χ1v) is 10.5. The maximum atomic E-state index is 12.6. The molecule has 5 heteroatoms. The Labute approximate surface area is 174 Å². The van der Waals surface area contributed by atoms with Gasteiger partial charge in [-0.3, -0.25) is 4.79 Å². The Hall–Kier alpha value is -2.82. The Bertz CT molecular complexity index is 868. The first-order chi connectivity index (χ1) is 13.9. The Kier molecular flexibility index (Phi) is 6.57. The number of hydrogen-bond acceptors (Lipinski definition) is 4. The summed E-state index contributed by atoms with van der Waals surface area (Å²) in [7, 11) is 0. The Morgan fingerprint density at radius 3 is 2.83 bits per heavy atom. The number of anilines is 1. The van der Waals surface area contributed by atoms with Gasteiger partial charge >= 0.3 is 0 Å². The van der Waals surface area contributed by atoms with Crippen LogP contribution in [-0.2, 0) is 4.79 Å². The first-order valence-electron chi connectivity index (χ1n) is 10.5. The third-order valence-corrected chi connectivity index (χ3v) is 5.53. The molecule has 1 aromatic carbocycles. The second-order valence-corrected chi connectivity index (χ2v) is 7.86. The fourth-order valence-corrected chi connectivity index (χ4v) is 4.02. The number of amides is 1. The summed E-state index contributed by atoms with van der Waals surface area (Å²) < 4.78 is 0. The number of fused-ring (bicyclic) bond motifs is 1. The SMILES string of the molecule is C=C1CCC(N2C(=C)c3c(cccc3NC(=C)CCCCCC)N=C2C)C(=O)N1. The number of hydrogen-bond donors (Lipinski definition) is 2. The van der Waals surface area contributed by atoms with Crippen LogP contribution >= 0.6 is 0 Å². The molecule has 5 nitrogen and oxygen atoms in total. The number of aliphatic imine (C=N–C) groups is 1. The molecule has 2 N–H and O–H groups in total. The number of nitrogens with one attached hydrogen (secondary N) is 2. The molecule has 0 aliphatic carbocycles. The summed E-state index contributed by atoms with van der Waals surface area (Å²) in [5.74, 6) is 0.733. The van der Waals surface area contributed by atoms with Crippen LogP contribution in [0, 0.1) is 0 Å². The second-order valence-electron chi connectivity index (χ2n) is 7.86. The number of nitrogens with zero attached hydrogens (tertiary/aromatic N) is 2. The van der Waals surface area contributed by atoms with Crippen molar-refractivity contribution in [3.63, 3.8) is 0 Å².